The average molecular weight is 279 g/mol. The summed E-state index contributed by atoms with van der Waals surface area (Å²) < 4.78 is 13.5. The number of hydrogen-bond donors (Lipinski definition) is 2. The van der Waals surface area contributed by atoms with E-state index in [1.54, 1.807) is 6.07 Å². The van der Waals surface area contributed by atoms with Gasteiger partial charge in [-0.1, -0.05) is 6.07 Å². The summed E-state index contributed by atoms with van der Waals surface area (Å²) in [6.45, 7) is 2.04. The summed E-state index contributed by atoms with van der Waals surface area (Å²) in [4.78, 5) is 12.6. The lowest BCUT2D eigenvalue weighted by molar-refractivity contribution is -0.131. The first-order valence-electron chi connectivity index (χ1n) is 6.64. The molecule has 2 rings (SSSR count). The number of β-amino-alcohol motifs (C(OH)–C–C–N with tert-alkyl or cyclic N) is 1. The molecule has 1 aromatic carbocycles. The number of aliphatic hydroxyl groups is 1. The molecule has 1 aromatic rings. The van der Waals surface area contributed by atoms with Crippen LogP contribution in [0.15, 0.2) is 24.3 Å². The standard InChI is InChI=1S/C15H18FNO3/c16-13-7-11(3-4-15(19)20)6-12(8-13)9-17-5-1-2-14(18)10-17/h3-4,6-8,14,18H,1-2,5,9-10H2,(H,19,20). The fourth-order valence-electron chi connectivity index (χ4n) is 2.46. The van der Waals surface area contributed by atoms with E-state index in [-0.39, 0.29) is 11.9 Å². The topological polar surface area (TPSA) is 60.8 Å². The third-order valence-corrected chi connectivity index (χ3v) is 3.29. The Labute approximate surface area is 117 Å². The zero-order chi connectivity index (χ0) is 14.5. The van der Waals surface area contributed by atoms with E-state index in [2.05, 4.69) is 4.90 Å². The molecule has 0 spiro atoms. The number of halogens is 1. The van der Waals surface area contributed by atoms with Crippen LogP contribution in [0.2, 0.25) is 0 Å². The lowest BCUT2D eigenvalue weighted by Crippen LogP contribution is -2.37. The lowest BCUT2D eigenvalue weighted by Gasteiger charge is -2.30. The highest BCUT2D eigenvalue weighted by atomic mass is 19.1. The molecule has 1 fully saturated rings. The molecule has 0 bridgehead atoms. The summed E-state index contributed by atoms with van der Waals surface area (Å²) in [6.07, 6.45) is 3.79. The molecule has 1 unspecified atom stereocenters. The van der Waals surface area contributed by atoms with E-state index >= 15 is 0 Å². The molecule has 2 N–H and O–H groups in total. The van der Waals surface area contributed by atoms with Crippen LogP contribution in [0.1, 0.15) is 24.0 Å². The molecule has 1 atom stereocenters. The van der Waals surface area contributed by atoms with Crippen LogP contribution < -0.4 is 0 Å². The van der Waals surface area contributed by atoms with Crippen molar-refractivity contribution in [3.05, 3.63) is 41.2 Å². The monoisotopic (exact) mass is 279 g/mol. The highest BCUT2D eigenvalue weighted by Crippen LogP contribution is 2.16. The molecule has 1 saturated heterocycles. The van der Waals surface area contributed by atoms with Crippen molar-refractivity contribution in [2.45, 2.75) is 25.5 Å². The maximum atomic E-state index is 13.5. The van der Waals surface area contributed by atoms with Crippen molar-refractivity contribution >= 4 is 12.0 Å². The lowest BCUT2D eigenvalue weighted by atomic mass is 10.1. The van der Waals surface area contributed by atoms with E-state index in [9.17, 15) is 14.3 Å². The minimum atomic E-state index is -1.06. The Morgan fingerprint density at radius 3 is 2.95 bits per heavy atom. The number of nitrogens with zero attached hydrogens (tertiary/aromatic N) is 1. The predicted octanol–water partition coefficient (Wildman–Crippen LogP) is 1.88. The van der Waals surface area contributed by atoms with Gasteiger partial charge in [-0.2, -0.15) is 0 Å². The van der Waals surface area contributed by atoms with Crippen molar-refractivity contribution in [3.63, 3.8) is 0 Å². The molecular formula is C15H18FNO3. The molecule has 1 aliphatic heterocycles. The van der Waals surface area contributed by atoms with Crippen molar-refractivity contribution in [2.75, 3.05) is 13.1 Å². The first kappa shape index (κ1) is 14.7. The van der Waals surface area contributed by atoms with Crippen molar-refractivity contribution in [1.29, 1.82) is 0 Å². The minimum Gasteiger partial charge on any atom is -0.478 e. The van der Waals surface area contributed by atoms with Gasteiger partial charge in [-0.3, -0.25) is 4.90 Å². The molecule has 1 aliphatic rings. The number of benzene rings is 1. The van der Waals surface area contributed by atoms with E-state index in [1.165, 1.54) is 18.2 Å². The van der Waals surface area contributed by atoms with Crippen LogP contribution in [-0.2, 0) is 11.3 Å². The van der Waals surface area contributed by atoms with Crippen molar-refractivity contribution in [2.24, 2.45) is 0 Å². The number of carbonyl (C=O) groups is 1. The molecule has 0 aromatic heterocycles. The van der Waals surface area contributed by atoms with Gasteiger partial charge >= 0.3 is 5.97 Å². The number of aliphatic hydroxyl groups excluding tert-OH is 1. The molecule has 1 heterocycles. The van der Waals surface area contributed by atoms with Gasteiger partial charge in [0.15, 0.2) is 0 Å². The zero-order valence-electron chi connectivity index (χ0n) is 11.1. The van der Waals surface area contributed by atoms with Crippen LogP contribution >= 0.6 is 0 Å². The Morgan fingerprint density at radius 2 is 2.25 bits per heavy atom. The minimum absolute atomic E-state index is 0.316. The number of rotatable bonds is 4. The summed E-state index contributed by atoms with van der Waals surface area (Å²) in [7, 11) is 0. The van der Waals surface area contributed by atoms with E-state index in [4.69, 9.17) is 5.11 Å². The normalized spacial score (nSPS) is 20.4. The summed E-state index contributed by atoms with van der Waals surface area (Å²) in [6, 6.07) is 4.51. The molecule has 20 heavy (non-hydrogen) atoms. The fraction of sp³-hybridized carbons (Fsp3) is 0.400. The summed E-state index contributed by atoms with van der Waals surface area (Å²) in [5, 5.41) is 18.2. The first-order chi connectivity index (χ1) is 9.52. The highest BCUT2D eigenvalue weighted by Gasteiger charge is 2.17. The van der Waals surface area contributed by atoms with Gasteiger partial charge in [0.2, 0.25) is 0 Å². The van der Waals surface area contributed by atoms with Gasteiger partial charge in [0, 0.05) is 19.2 Å². The van der Waals surface area contributed by atoms with Crippen molar-refractivity contribution in [1.82, 2.24) is 4.90 Å². The van der Waals surface area contributed by atoms with Gasteiger partial charge < -0.3 is 10.2 Å². The van der Waals surface area contributed by atoms with Crippen LogP contribution in [-0.4, -0.2) is 40.3 Å². The second-order valence-corrected chi connectivity index (χ2v) is 5.10. The molecule has 4 nitrogen and oxygen atoms in total. The van der Waals surface area contributed by atoms with Gasteiger partial charge in [0.25, 0.3) is 0 Å². The fourth-order valence-corrected chi connectivity index (χ4v) is 2.46. The van der Waals surface area contributed by atoms with Gasteiger partial charge in [-0.15, -0.1) is 0 Å². The molecule has 0 radical (unpaired) electrons. The third kappa shape index (κ3) is 4.43. The molecule has 5 heteroatoms. The van der Waals surface area contributed by atoms with E-state index in [0.29, 0.717) is 18.7 Å². The Morgan fingerprint density at radius 1 is 1.45 bits per heavy atom. The number of aliphatic carboxylic acids is 1. The van der Waals surface area contributed by atoms with Gasteiger partial charge in [0.05, 0.1) is 6.10 Å². The number of carboxylic acids is 1. The van der Waals surface area contributed by atoms with Crippen LogP contribution in [0.5, 0.6) is 0 Å². The molecule has 0 aliphatic carbocycles. The third-order valence-electron chi connectivity index (χ3n) is 3.29. The maximum absolute atomic E-state index is 13.5. The molecule has 0 saturated carbocycles. The van der Waals surface area contributed by atoms with Crippen LogP contribution in [0.4, 0.5) is 4.39 Å². The Bertz CT molecular complexity index is 516. The van der Waals surface area contributed by atoms with Gasteiger partial charge in [-0.05, 0) is 48.7 Å². The Balaban J connectivity index is 2.09. The van der Waals surface area contributed by atoms with Gasteiger partial charge in [-0.25, -0.2) is 9.18 Å². The number of piperidine rings is 1. The van der Waals surface area contributed by atoms with Gasteiger partial charge in [0.1, 0.15) is 5.82 Å². The summed E-state index contributed by atoms with van der Waals surface area (Å²) in [5.74, 6) is -1.44. The van der Waals surface area contributed by atoms with E-state index in [1.807, 2.05) is 0 Å². The Hall–Kier alpha value is -1.72. The number of likely N-dealkylation sites (tertiary alicyclic amines) is 1. The first-order valence-corrected chi connectivity index (χ1v) is 6.64. The smallest absolute Gasteiger partial charge is 0.328 e. The summed E-state index contributed by atoms with van der Waals surface area (Å²) >= 11 is 0. The summed E-state index contributed by atoms with van der Waals surface area (Å²) in [5.41, 5.74) is 1.31. The second kappa shape index (κ2) is 6.63. The second-order valence-electron chi connectivity index (χ2n) is 5.10. The average Bonchev–Trinajstić information content (AvgIpc) is 2.35. The molecular weight excluding hydrogens is 261 g/mol. The number of hydrogen-bond acceptors (Lipinski definition) is 3. The zero-order valence-corrected chi connectivity index (χ0v) is 11.1. The maximum Gasteiger partial charge on any atom is 0.328 e. The van der Waals surface area contributed by atoms with E-state index < -0.39 is 5.97 Å². The molecule has 108 valence electrons. The SMILES string of the molecule is O=C(O)C=Cc1cc(F)cc(CN2CCCC(O)C2)c1. The predicted molar refractivity (Wildman–Crippen MR) is 73.6 cm³/mol. The quantitative estimate of drug-likeness (QED) is 0.826. The van der Waals surface area contributed by atoms with Crippen LogP contribution in [0.3, 0.4) is 0 Å². The number of carboxylic acid groups (broad SMARTS) is 1. The van der Waals surface area contributed by atoms with Crippen LogP contribution in [0.25, 0.3) is 6.08 Å². The highest BCUT2D eigenvalue weighted by molar-refractivity contribution is 5.85. The molecule has 0 amide bonds. The van der Waals surface area contributed by atoms with Crippen molar-refractivity contribution < 1.29 is 19.4 Å². The van der Waals surface area contributed by atoms with E-state index in [0.717, 1.165) is 31.0 Å². The largest absolute Gasteiger partial charge is 0.478 e. The van der Waals surface area contributed by atoms with Crippen LogP contribution in [0, 0.1) is 5.82 Å². The Kier molecular flexibility index (Phi) is 4.87. The van der Waals surface area contributed by atoms with Crippen molar-refractivity contribution in [3.8, 4) is 0 Å².